The predicted molar refractivity (Wildman–Crippen MR) is 103 cm³/mol. The first-order valence-corrected chi connectivity index (χ1v) is 8.91. The Labute approximate surface area is 157 Å². The fourth-order valence-corrected chi connectivity index (χ4v) is 3.11. The zero-order chi connectivity index (χ0) is 18.5. The van der Waals surface area contributed by atoms with E-state index in [-0.39, 0.29) is 5.69 Å². The van der Waals surface area contributed by atoms with Crippen LogP contribution in [0.5, 0.6) is 0 Å². The molecule has 3 aromatic heterocycles. The lowest BCUT2D eigenvalue weighted by atomic mass is 10.1. The van der Waals surface area contributed by atoms with E-state index in [1.54, 1.807) is 0 Å². The van der Waals surface area contributed by atoms with Crippen LogP contribution >= 0.6 is 0 Å². The van der Waals surface area contributed by atoms with Gasteiger partial charge in [-0.15, -0.1) is 0 Å². The Kier molecular flexibility index (Phi) is 4.94. The van der Waals surface area contributed by atoms with Gasteiger partial charge in [-0.05, 0) is 31.5 Å². The predicted octanol–water partition coefficient (Wildman–Crippen LogP) is 2.44. The van der Waals surface area contributed by atoms with E-state index in [2.05, 4.69) is 30.9 Å². The Balaban J connectivity index is 1.60. The molecule has 1 aliphatic rings. The number of hydrogen-bond acceptors (Lipinski definition) is 7. The van der Waals surface area contributed by atoms with E-state index in [1.807, 2.05) is 47.4 Å². The molecule has 1 aliphatic heterocycles. The summed E-state index contributed by atoms with van der Waals surface area (Å²) in [5, 5.41) is 19.0. The Morgan fingerprint density at radius 2 is 1.96 bits per heavy atom. The normalized spacial score (nSPS) is 16.5. The highest BCUT2D eigenvalue weighted by Crippen LogP contribution is 2.25. The Morgan fingerprint density at radius 1 is 1.11 bits per heavy atom. The van der Waals surface area contributed by atoms with Crippen molar-refractivity contribution in [3.8, 4) is 11.8 Å². The van der Waals surface area contributed by atoms with Crippen LogP contribution in [0.25, 0.3) is 5.69 Å². The van der Waals surface area contributed by atoms with Gasteiger partial charge in [0.25, 0.3) is 0 Å². The van der Waals surface area contributed by atoms with Crippen LogP contribution in [0.2, 0.25) is 0 Å². The van der Waals surface area contributed by atoms with Gasteiger partial charge in [-0.25, -0.2) is 15.0 Å². The maximum Gasteiger partial charge on any atom is 0.158 e. The number of hydrogen-bond donors (Lipinski definition) is 3. The van der Waals surface area contributed by atoms with E-state index >= 15 is 0 Å². The summed E-state index contributed by atoms with van der Waals surface area (Å²) in [5.74, 6) is 1.21. The molecular weight excluding hydrogens is 340 g/mol. The summed E-state index contributed by atoms with van der Waals surface area (Å²) >= 11 is 0. The fraction of sp³-hybridized carbons (Fsp3) is 0.263. The summed E-state index contributed by atoms with van der Waals surface area (Å²) < 4.78 is 2.04. The highest BCUT2D eigenvalue weighted by Gasteiger charge is 2.16. The Bertz CT molecular complexity index is 921. The average Bonchev–Trinajstić information content (AvgIpc) is 3.24. The molecule has 1 unspecified atom stereocenters. The van der Waals surface area contributed by atoms with Crippen molar-refractivity contribution in [2.24, 2.45) is 0 Å². The average molecular weight is 360 g/mol. The van der Waals surface area contributed by atoms with Crippen LogP contribution in [0.15, 0.2) is 49.2 Å². The maximum absolute atomic E-state index is 8.83. The topological polar surface area (TPSA) is 103 Å². The van der Waals surface area contributed by atoms with Gasteiger partial charge in [0.1, 0.15) is 17.7 Å². The molecule has 0 amide bonds. The van der Waals surface area contributed by atoms with Crippen molar-refractivity contribution in [2.45, 2.75) is 18.9 Å². The molecule has 4 heterocycles. The van der Waals surface area contributed by atoms with E-state index in [1.165, 1.54) is 12.4 Å². The molecule has 1 atom stereocenters. The molecule has 3 N–H and O–H groups in total. The molecular formula is C19H20N8. The number of nitrogens with zero attached hydrogens (tertiary/aromatic N) is 5. The van der Waals surface area contributed by atoms with Crippen LogP contribution in [0, 0.1) is 11.3 Å². The number of nitrogens with one attached hydrogen (secondary N) is 3. The van der Waals surface area contributed by atoms with Crippen LogP contribution in [0.1, 0.15) is 18.5 Å². The van der Waals surface area contributed by atoms with Gasteiger partial charge in [0.15, 0.2) is 5.69 Å². The SMILES string of the molecule is N#Cc1cnc(Nc2cc(NC3CCCNC3)c(-n3cccc3)cn2)cn1. The van der Waals surface area contributed by atoms with Gasteiger partial charge in [-0.2, -0.15) is 5.26 Å². The highest BCUT2D eigenvalue weighted by atomic mass is 15.1. The molecule has 0 bridgehead atoms. The molecule has 1 saturated heterocycles. The zero-order valence-corrected chi connectivity index (χ0v) is 14.8. The third-order valence-corrected chi connectivity index (χ3v) is 4.44. The maximum atomic E-state index is 8.83. The summed E-state index contributed by atoms with van der Waals surface area (Å²) in [5.41, 5.74) is 2.27. The first-order chi connectivity index (χ1) is 13.3. The van der Waals surface area contributed by atoms with E-state index in [4.69, 9.17) is 5.26 Å². The molecule has 4 rings (SSSR count). The monoisotopic (exact) mass is 360 g/mol. The zero-order valence-electron chi connectivity index (χ0n) is 14.8. The summed E-state index contributed by atoms with van der Waals surface area (Å²) in [4.78, 5) is 12.7. The fourth-order valence-electron chi connectivity index (χ4n) is 3.11. The lowest BCUT2D eigenvalue weighted by Gasteiger charge is -2.26. The second-order valence-corrected chi connectivity index (χ2v) is 6.39. The number of rotatable bonds is 5. The summed E-state index contributed by atoms with van der Waals surface area (Å²) in [6.45, 7) is 2.01. The van der Waals surface area contributed by atoms with Crippen LogP contribution < -0.4 is 16.0 Å². The van der Waals surface area contributed by atoms with Crippen molar-refractivity contribution in [1.29, 1.82) is 5.26 Å². The molecule has 1 fully saturated rings. The molecule has 0 spiro atoms. The van der Waals surface area contributed by atoms with Crippen LogP contribution in [0.3, 0.4) is 0 Å². The Hall–Kier alpha value is -3.44. The Morgan fingerprint density at radius 3 is 2.67 bits per heavy atom. The number of anilines is 3. The summed E-state index contributed by atoms with van der Waals surface area (Å²) in [6.07, 6.45) is 11.1. The van der Waals surface area contributed by atoms with Crippen molar-refractivity contribution in [2.75, 3.05) is 23.7 Å². The minimum Gasteiger partial charge on any atom is -0.379 e. The number of aromatic nitrogens is 4. The van der Waals surface area contributed by atoms with Crippen molar-refractivity contribution in [3.05, 3.63) is 54.9 Å². The minimum absolute atomic E-state index is 0.281. The van der Waals surface area contributed by atoms with Crippen LogP contribution in [-0.2, 0) is 0 Å². The second kappa shape index (κ2) is 7.85. The van der Waals surface area contributed by atoms with Gasteiger partial charge in [0.05, 0.1) is 30.0 Å². The van der Waals surface area contributed by atoms with E-state index in [0.717, 1.165) is 37.3 Å². The van der Waals surface area contributed by atoms with Crippen molar-refractivity contribution in [3.63, 3.8) is 0 Å². The van der Waals surface area contributed by atoms with Gasteiger partial charge in [0, 0.05) is 31.0 Å². The molecule has 0 radical (unpaired) electrons. The molecule has 136 valence electrons. The summed E-state index contributed by atoms with van der Waals surface area (Å²) in [7, 11) is 0. The largest absolute Gasteiger partial charge is 0.379 e. The number of pyridine rings is 1. The molecule has 0 aromatic carbocycles. The van der Waals surface area contributed by atoms with Crippen molar-refractivity contribution >= 4 is 17.3 Å². The van der Waals surface area contributed by atoms with Gasteiger partial charge in [0.2, 0.25) is 0 Å². The van der Waals surface area contributed by atoms with Crippen LogP contribution in [0.4, 0.5) is 17.3 Å². The quantitative estimate of drug-likeness (QED) is 0.642. The smallest absolute Gasteiger partial charge is 0.158 e. The third-order valence-electron chi connectivity index (χ3n) is 4.44. The third kappa shape index (κ3) is 4.04. The number of nitriles is 1. The molecule has 3 aromatic rings. The van der Waals surface area contributed by atoms with Gasteiger partial charge < -0.3 is 20.5 Å². The lowest BCUT2D eigenvalue weighted by molar-refractivity contribution is 0.480. The van der Waals surface area contributed by atoms with Crippen molar-refractivity contribution < 1.29 is 0 Å². The first-order valence-electron chi connectivity index (χ1n) is 8.91. The van der Waals surface area contributed by atoms with Gasteiger partial charge >= 0.3 is 0 Å². The van der Waals surface area contributed by atoms with E-state index in [9.17, 15) is 0 Å². The van der Waals surface area contributed by atoms with Crippen LogP contribution in [-0.4, -0.2) is 38.7 Å². The van der Waals surface area contributed by atoms with Crippen molar-refractivity contribution in [1.82, 2.24) is 24.8 Å². The van der Waals surface area contributed by atoms with E-state index < -0.39 is 0 Å². The summed E-state index contributed by atoms with van der Waals surface area (Å²) in [6, 6.07) is 8.29. The molecule has 0 saturated carbocycles. The van der Waals surface area contributed by atoms with Gasteiger partial charge in [-0.3, -0.25) is 0 Å². The number of piperidine rings is 1. The van der Waals surface area contributed by atoms with E-state index in [0.29, 0.717) is 17.7 Å². The lowest BCUT2D eigenvalue weighted by Crippen LogP contribution is -2.38. The first kappa shape index (κ1) is 17.0. The van der Waals surface area contributed by atoms with Gasteiger partial charge in [-0.1, -0.05) is 0 Å². The second-order valence-electron chi connectivity index (χ2n) is 6.39. The highest BCUT2D eigenvalue weighted by molar-refractivity contribution is 5.67. The molecule has 8 heteroatoms. The minimum atomic E-state index is 0.281. The standard InChI is InChI=1S/C19H20N8/c20-9-15-11-23-19(13-22-15)26-18-8-16(25-14-4-3-5-21-10-14)17(12-24-18)27-6-1-2-7-27/h1-2,6-8,11-14,21H,3-5,10H2,(H2,23,24,25,26). The molecule has 27 heavy (non-hydrogen) atoms. The molecule has 8 nitrogen and oxygen atoms in total. The molecule has 0 aliphatic carbocycles.